The SMILES string of the molecule is O=C(O)c1ccc2c(n1)C(=O)C(=O)c1cc(C(=O)O)[nH]c1-2. The highest BCUT2D eigenvalue weighted by atomic mass is 16.4. The summed E-state index contributed by atoms with van der Waals surface area (Å²) in [5.41, 5.74) is -0.621. The molecule has 0 saturated heterocycles. The average molecular weight is 286 g/mol. The van der Waals surface area contributed by atoms with Crippen LogP contribution in [0.25, 0.3) is 11.3 Å². The van der Waals surface area contributed by atoms with Crippen LogP contribution in [0, 0.1) is 0 Å². The number of hydrogen-bond donors (Lipinski definition) is 3. The second-order valence-corrected chi connectivity index (χ2v) is 4.33. The number of aromatic nitrogens is 2. The van der Waals surface area contributed by atoms with Crippen LogP contribution in [0.2, 0.25) is 0 Å². The van der Waals surface area contributed by atoms with E-state index in [-0.39, 0.29) is 33.9 Å². The first kappa shape index (κ1) is 12.7. The van der Waals surface area contributed by atoms with E-state index in [4.69, 9.17) is 10.2 Å². The van der Waals surface area contributed by atoms with Crippen molar-refractivity contribution in [1.29, 1.82) is 0 Å². The molecule has 104 valence electrons. The Morgan fingerprint density at radius 1 is 1.00 bits per heavy atom. The van der Waals surface area contributed by atoms with Gasteiger partial charge in [-0.1, -0.05) is 0 Å². The van der Waals surface area contributed by atoms with Crippen molar-refractivity contribution in [3.05, 3.63) is 40.8 Å². The Balaban J connectivity index is 2.29. The maximum atomic E-state index is 12.0. The molecule has 2 aromatic rings. The molecule has 0 saturated carbocycles. The van der Waals surface area contributed by atoms with Crippen molar-refractivity contribution in [3.8, 4) is 11.3 Å². The number of carbonyl (C=O) groups excluding carboxylic acids is 2. The maximum absolute atomic E-state index is 12.0. The lowest BCUT2D eigenvalue weighted by Crippen LogP contribution is -2.23. The third kappa shape index (κ3) is 1.73. The second-order valence-electron chi connectivity index (χ2n) is 4.33. The molecule has 2 heterocycles. The van der Waals surface area contributed by atoms with Crippen LogP contribution >= 0.6 is 0 Å². The third-order valence-corrected chi connectivity index (χ3v) is 3.10. The number of hydrogen-bond acceptors (Lipinski definition) is 5. The van der Waals surface area contributed by atoms with Crippen LogP contribution in [0.5, 0.6) is 0 Å². The summed E-state index contributed by atoms with van der Waals surface area (Å²) in [4.78, 5) is 51.9. The number of pyridine rings is 1. The van der Waals surface area contributed by atoms with Gasteiger partial charge in [0.2, 0.25) is 5.78 Å². The largest absolute Gasteiger partial charge is 0.477 e. The van der Waals surface area contributed by atoms with Crippen molar-refractivity contribution < 1.29 is 29.4 Å². The normalized spacial score (nSPS) is 12.8. The summed E-state index contributed by atoms with van der Waals surface area (Å²) in [6.07, 6.45) is 0. The molecule has 0 spiro atoms. The highest BCUT2D eigenvalue weighted by molar-refractivity contribution is 6.52. The number of aromatic carboxylic acids is 2. The van der Waals surface area contributed by atoms with Crippen LogP contribution in [0.3, 0.4) is 0 Å². The molecular formula is C13H6N2O6. The molecule has 0 amide bonds. The fourth-order valence-electron chi connectivity index (χ4n) is 2.14. The van der Waals surface area contributed by atoms with Gasteiger partial charge in [0.1, 0.15) is 17.1 Å². The zero-order chi connectivity index (χ0) is 15.3. The Labute approximate surface area is 116 Å². The number of nitrogens with one attached hydrogen (secondary N) is 1. The molecule has 0 fully saturated rings. The molecule has 3 rings (SSSR count). The summed E-state index contributed by atoms with van der Waals surface area (Å²) >= 11 is 0. The number of carbonyl (C=O) groups is 4. The molecule has 0 aromatic carbocycles. The lowest BCUT2D eigenvalue weighted by atomic mass is 9.92. The Hall–Kier alpha value is -3.29. The molecular weight excluding hydrogens is 280 g/mol. The van der Waals surface area contributed by atoms with E-state index in [2.05, 4.69) is 9.97 Å². The Morgan fingerprint density at radius 3 is 2.33 bits per heavy atom. The Kier molecular flexibility index (Phi) is 2.49. The van der Waals surface area contributed by atoms with E-state index in [0.29, 0.717) is 0 Å². The van der Waals surface area contributed by atoms with Gasteiger partial charge >= 0.3 is 11.9 Å². The molecule has 0 atom stereocenters. The molecule has 0 aliphatic heterocycles. The number of carboxylic acids is 2. The van der Waals surface area contributed by atoms with Gasteiger partial charge in [-0.25, -0.2) is 14.6 Å². The minimum atomic E-state index is -1.33. The van der Waals surface area contributed by atoms with Crippen LogP contribution in [0.4, 0.5) is 0 Å². The smallest absolute Gasteiger partial charge is 0.354 e. The number of ketones is 2. The third-order valence-electron chi connectivity index (χ3n) is 3.10. The lowest BCUT2D eigenvalue weighted by molar-refractivity contribution is 0.0679. The Morgan fingerprint density at radius 2 is 1.71 bits per heavy atom. The summed E-state index contributed by atoms with van der Waals surface area (Å²) in [6, 6.07) is 3.57. The van der Waals surface area contributed by atoms with Crippen LogP contribution in [0.15, 0.2) is 18.2 Å². The molecule has 3 N–H and O–H groups in total. The van der Waals surface area contributed by atoms with Gasteiger partial charge in [0, 0.05) is 5.56 Å². The number of nitrogens with zero attached hydrogens (tertiary/aromatic N) is 1. The van der Waals surface area contributed by atoms with Gasteiger partial charge in [-0.05, 0) is 18.2 Å². The van der Waals surface area contributed by atoms with Gasteiger partial charge in [-0.3, -0.25) is 9.59 Å². The predicted molar refractivity (Wildman–Crippen MR) is 66.6 cm³/mol. The highest BCUT2D eigenvalue weighted by Crippen LogP contribution is 2.32. The zero-order valence-corrected chi connectivity index (χ0v) is 10.2. The summed E-state index contributed by atoms with van der Waals surface area (Å²) in [6.45, 7) is 0. The first-order valence-corrected chi connectivity index (χ1v) is 5.70. The van der Waals surface area contributed by atoms with Crippen LogP contribution in [-0.2, 0) is 0 Å². The van der Waals surface area contributed by atoms with Gasteiger partial charge < -0.3 is 15.2 Å². The number of rotatable bonds is 2. The summed E-state index contributed by atoms with van der Waals surface area (Å²) in [5.74, 6) is -4.49. The van der Waals surface area contributed by atoms with E-state index in [1.165, 1.54) is 12.1 Å². The van der Waals surface area contributed by atoms with Crippen molar-refractivity contribution in [1.82, 2.24) is 9.97 Å². The monoisotopic (exact) mass is 286 g/mol. The van der Waals surface area contributed by atoms with Crippen molar-refractivity contribution in [2.24, 2.45) is 0 Å². The summed E-state index contributed by atoms with van der Waals surface area (Å²) < 4.78 is 0. The van der Waals surface area contributed by atoms with E-state index in [9.17, 15) is 19.2 Å². The molecule has 8 heteroatoms. The average Bonchev–Trinajstić information content (AvgIpc) is 2.89. The second kappa shape index (κ2) is 4.10. The fourth-order valence-corrected chi connectivity index (χ4v) is 2.14. The van der Waals surface area contributed by atoms with Crippen molar-refractivity contribution in [2.75, 3.05) is 0 Å². The molecule has 1 aliphatic carbocycles. The number of H-pyrrole nitrogens is 1. The minimum Gasteiger partial charge on any atom is -0.477 e. The molecule has 21 heavy (non-hydrogen) atoms. The Bertz CT molecular complexity index is 848. The van der Waals surface area contributed by atoms with Gasteiger partial charge in [0.05, 0.1) is 11.3 Å². The minimum absolute atomic E-state index is 0.0604. The summed E-state index contributed by atoms with van der Waals surface area (Å²) in [7, 11) is 0. The zero-order valence-electron chi connectivity index (χ0n) is 10.2. The first-order valence-electron chi connectivity index (χ1n) is 5.70. The number of Topliss-reactive ketones (excluding diaryl/α,β-unsaturated/α-hetero) is 2. The van der Waals surface area contributed by atoms with Crippen LogP contribution in [-0.4, -0.2) is 43.7 Å². The van der Waals surface area contributed by atoms with Gasteiger partial charge in [0.25, 0.3) is 5.78 Å². The first-order chi connectivity index (χ1) is 9.90. The number of aromatic amines is 1. The van der Waals surface area contributed by atoms with E-state index in [1.54, 1.807) is 0 Å². The van der Waals surface area contributed by atoms with E-state index in [0.717, 1.165) is 6.07 Å². The molecule has 1 aliphatic rings. The van der Waals surface area contributed by atoms with Gasteiger partial charge in [0.15, 0.2) is 0 Å². The summed E-state index contributed by atoms with van der Waals surface area (Å²) in [5, 5.41) is 17.8. The maximum Gasteiger partial charge on any atom is 0.354 e. The topological polar surface area (TPSA) is 137 Å². The quantitative estimate of drug-likeness (QED) is 0.696. The van der Waals surface area contributed by atoms with Crippen molar-refractivity contribution in [2.45, 2.75) is 0 Å². The predicted octanol–water partition coefficient (Wildman–Crippen LogP) is 0.852. The standard InChI is InChI=1S/C13H6N2O6/c16-10-5-3-7(13(20)21)15-8(5)4-1-2-6(12(18)19)14-9(4)11(10)17/h1-3,15H,(H,18,19)(H,20,21). The van der Waals surface area contributed by atoms with Crippen LogP contribution < -0.4 is 0 Å². The van der Waals surface area contributed by atoms with Crippen LogP contribution in [0.1, 0.15) is 41.8 Å². The molecule has 2 aromatic heterocycles. The van der Waals surface area contributed by atoms with Crippen molar-refractivity contribution in [3.63, 3.8) is 0 Å². The van der Waals surface area contributed by atoms with E-state index < -0.39 is 23.5 Å². The molecule has 0 unspecified atom stereocenters. The van der Waals surface area contributed by atoms with Gasteiger partial charge in [-0.15, -0.1) is 0 Å². The molecule has 0 bridgehead atoms. The van der Waals surface area contributed by atoms with Crippen molar-refractivity contribution >= 4 is 23.5 Å². The number of carboxylic acid groups (broad SMARTS) is 2. The molecule has 0 radical (unpaired) electrons. The molecule has 8 nitrogen and oxygen atoms in total. The van der Waals surface area contributed by atoms with E-state index >= 15 is 0 Å². The lowest BCUT2D eigenvalue weighted by Gasteiger charge is -2.13. The van der Waals surface area contributed by atoms with Gasteiger partial charge in [-0.2, -0.15) is 0 Å². The van der Waals surface area contributed by atoms with E-state index in [1.807, 2.05) is 0 Å². The highest BCUT2D eigenvalue weighted by Gasteiger charge is 2.34. The number of fused-ring (bicyclic) bond motifs is 3. The fraction of sp³-hybridized carbons (Fsp3) is 0.